The van der Waals surface area contributed by atoms with Crippen LogP contribution in [0.4, 0.5) is 0 Å². The smallest absolute Gasteiger partial charge is 0.220 e. The van der Waals surface area contributed by atoms with Gasteiger partial charge in [0.15, 0.2) is 0 Å². The van der Waals surface area contributed by atoms with E-state index in [2.05, 4.69) is 10.6 Å². The van der Waals surface area contributed by atoms with Gasteiger partial charge in [-0.3, -0.25) is 9.59 Å². The Labute approximate surface area is 98.2 Å². The summed E-state index contributed by atoms with van der Waals surface area (Å²) in [5, 5.41) is 5.75. The van der Waals surface area contributed by atoms with Crippen LogP contribution < -0.4 is 10.6 Å². The minimum Gasteiger partial charge on any atom is -0.352 e. The van der Waals surface area contributed by atoms with Crippen molar-refractivity contribution < 1.29 is 9.59 Å². The van der Waals surface area contributed by atoms with Crippen molar-refractivity contribution in [2.45, 2.75) is 65.5 Å². The van der Waals surface area contributed by atoms with Gasteiger partial charge in [-0.1, -0.05) is 13.8 Å². The molecule has 0 radical (unpaired) electrons. The Hall–Kier alpha value is -1.06. The van der Waals surface area contributed by atoms with Crippen LogP contribution >= 0.6 is 0 Å². The van der Waals surface area contributed by atoms with Crippen LogP contribution in [0.25, 0.3) is 0 Å². The lowest BCUT2D eigenvalue weighted by atomic mass is 10.1. The molecular formula is C12H24N2O2. The number of amides is 2. The van der Waals surface area contributed by atoms with E-state index in [0.717, 1.165) is 12.8 Å². The molecule has 0 fully saturated rings. The summed E-state index contributed by atoms with van der Waals surface area (Å²) in [6, 6.07) is -0.0558. The predicted molar refractivity (Wildman–Crippen MR) is 65.0 cm³/mol. The Morgan fingerprint density at radius 3 is 1.44 bits per heavy atom. The van der Waals surface area contributed by atoms with E-state index >= 15 is 0 Å². The summed E-state index contributed by atoms with van der Waals surface area (Å²) in [5.41, 5.74) is 0. The Morgan fingerprint density at radius 1 is 0.875 bits per heavy atom. The van der Waals surface area contributed by atoms with Crippen molar-refractivity contribution in [2.24, 2.45) is 0 Å². The van der Waals surface area contributed by atoms with Crippen LogP contribution in [0.15, 0.2) is 0 Å². The molecule has 0 aromatic carbocycles. The summed E-state index contributed by atoms with van der Waals surface area (Å²) in [6.45, 7) is 7.75. The molecule has 0 aromatic heterocycles. The van der Waals surface area contributed by atoms with Gasteiger partial charge in [0.25, 0.3) is 0 Å². The molecule has 4 nitrogen and oxygen atoms in total. The van der Waals surface area contributed by atoms with Crippen molar-refractivity contribution in [3.8, 4) is 0 Å². The molecule has 0 spiro atoms. The van der Waals surface area contributed by atoms with Crippen LogP contribution in [-0.2, 0) is 9.59 Å². The molecule has 2 atom stereocenters. The van der Waals surface area contributed by atoms with Gasteiger partial charge in [0.1, 0.15) is 0 Å². The normalized spacial score (nSPS) is 14.0. The second kappa shape index (κ2) is 8.13. The molecule has 0 aliphatic carbocycles. The van der Waals surface area contributed by atoms with Crippen molar-refractivity contribution in [3.63, 3.8) is 0 Å². The third kappa shape index (κ3) is 6.43. The molecule has 4 heteroatoms. The maximum absolute atomic E-state index is 11.3. The molecule has 94 valence electrons. The van der Waals surface area contributed by atoms with E-state index in [9.17, 15) is 9.59 Å². The molecule has 2 N–H and O–H groups in total. The molecule has 0 aliphatic heterocycles. The van der Waals surface area contributed by atoms with Crippen molar-refractivity contribution in [1.82, 2.24) is 10.6 Å². The molecule has 0 saturated heterocycles. The van der Waals surface area contributed by atoms with Crippen LogP contribution in [0.2, 0.25) is 0 Å². The zero-order chi connectivity index (χ0) is 12.6. The largest absolute Gasteiger partial charge is 0.352 e. The fraction of sp³-hybridized carbons (Fsp3) is 0.833. The third-order valence-electron chi connectivity index (χ3n) is 2.48. The van der Waals surface area contributed by atoms with Gasteiger partial charge in [-0.05, 0) is 26.7 Å². The van der Waals surface area contributed by atoms with Crippen molar-refractivity contribution >= 4 is 11.8 Å². The van der Waals surface area contributed by atoms with Gasteiger partial charge in [0.2, 0.25) is 11.8 Å². The Morgan fingerprint density at radius 2 is 1.19 bits per heavy atom. The lowest BCUT2D eigenvalue weighted by Gasteiger charge is -2.22. The molecule has 0 unspecified atom stereocenters. The first-order chi connectivity index (χ1) is 7.51. The van der Waals surface area contributed by atoms with E-state index in [4.69, 9.17) is 0 Å². The molecular weight excluding hydrogens is 204 g/mol. The molecule has 0 aromatic rings. The number of carbonyl (C=O) groups is 2. The number of hydrogen-bond acceptors (Lipinski definition) is 2. The zero-order valence-electron chi connectivity index (χ0n) is 10.8. The van der Waals surface area contributed by atoms with Crippen molar-refractivity contribution in [3.05, 3.63) is 0 Å². The van der Waals surface area contributed by atoms with Crippen LogP contribution in [0.5, 0.6) is 0 Å². The highest BCUT2D eigenvalue weighted by Crippen LogP contribution is 1.96. The lowest BCUT2D eigenvalue weighted by molar-refractivity contribution is -0.124. The first kappa shape index (κ1) is 14.9. The Bertz CT molecular complexity index is 205. The van der Waals surface area contributed by atoms with Gasteiger partial charge in [0.05, 0.1) is 0 Å². The first-order valence-electron chi connectivity index (χ1n) is 6.09. The number of hydrogen-bond donors (Lipinski definition) is 2. The van der Waals surface area contributed by atoms with E-state index in [1.807, 2.05) is 27.7 Å². The van der Waals surface area contributed by atoms with E-state index in [-0.39, 0.29) is 23.9 Å². The molecule has 0 rings (SSSR count). The van der Waals surface area contributed by atoms with E-state index in [1.54, 1.807) is 0 Å². The fourth-order valence-corrected chi connectivity index (χ4v) is 1.36. The van der Waals surface area contributed by atoms with Crippen LogP contribution in [0.1, 0.15) is 53.4 Å². The standard InChI is InChI=1S/C12H24N2O2/c1-5-7-11(15)13-9(3)10(4)14-12(16)8-6-2/h9-10H,5-8H2,1-4H3,(H,13,15)(H,14,16)/t9-,10-/m0/s1. The summed E-state index contributed by atoms with van der Waals surface area (Å²) < 4.78 is 0. The topological polar surface area (TPSA) is 58.2 Å². The summed E-state index contributed by atoms with van der Waals surface area (Å²) in [4.78, 5) is 22.7. The van der Waals surface area contributed by atoms with Gasteiger partial charge < -0.3 is 10.6 Å². The average Bonchev–Trinajstić information content (AvgIpc) is 2.17. The average molecular weight is 228 g/mol. The zero-order valence-corrected chi connectivity index (χ0v) is 10.8. The molecule has 0 saturated carbocycles. The van der Waals surface area contributed by atoms with E-state index in [0.29, 0.717) is 12.8 Å². The summed E-state index contributed by atoms with van der Waals surface area (Å²) in [5.74, 6) is 0.0955. The maximum atomic E-state index is 11.3. The molecule has 2 amide bonds. The van der Waals surface area contributed by atoms with Gasteiger partial charge in [-0.15, -0.1) is 0 Å². The molecule has 0 aliphatic rings. The second-order valence-electron chi connectivity index (χ2n) is 4.21. The number of nitrogens with one attached hydrogen (secondary N) is 2. The van der Waals surface area contributed by atoms with Crippen LogP contribution in [-0.4, -0.2) is 23.9 Å². The molecule has 0 heterocycles. The highest BCUT2D eigenvalue weighted by atomic mass is 16.2. The number of rotatable bonds is 7. The summed E-state index contributed by atoms with van der Waals surface area (Å²) in [7, 11) is 0. The molecule has 0 bridgehead atoms. The first-order valence-corrected chi connectivity index (χ1v) is 6.09. The summed E-state index contributed by atoms with van der Waals surface area (Å²) in [6.07, 6.45) is 2.77. The monoisotopic (exact) mass is 228 g/mol. The van der Waals surface area contributed by atoms with Gasteiger partial charge in [0, 0.05) is 24.9 Å². The van der Waals surface area contributed by atoms with Crippen molar-refractivity contribution in [2.75, 3.05) is 0 Å². The Balaban J connectivity index is 3.93. The minimum absolute atomic E-state index is 0.0279. The van der Waals surface area contributed by atoms with Crippen LogP contribution in [0.3, 0.4) is 0 Å². The van der Waals surface area contributed by atoms with Gasteiger partial charge >= 0.3 is 0 Å². The quantitative estimate of drug-likeness (QED) is 0.695. The van der Waals surface area contributed by atoms with E-state index < -0.39 is 0 Å². The third-order valence-corrected chi connectivity index (χ3v) is 2.48. The second-order valence-corrected chi connectivity index (χ2v) is 4.21. The fourth-order valence-electron chi connectivity index (χ4n) is 1.36. The van der Waals surface area contributed by atoms with E-state index in [1.165, 1.54) is 0 Å². The lowest BCUT2D eigenvalue weighted by Crippen LogP contribution is -2.48. The SMILES string of the molecule is CCCC(=O)N[C@@H](C)[C@H](C)NC(=O)CCC. The van der Waals surface area contributed by atoms with Gasteiger partial charge in [-0.25, -0.2) is 0 Å². The minimum atomic E-state index is -0.0279. The predicted octanol–water partition coefficient (Wildman–Crippen LogP) is 1.60. The van der Waals surface area contributed by atoms with Gasteiger partial charge in [-0.2, -0.15) is 0 Å². The number of carbonyl (C=O) groups excluding carboxylic acids is 2. The highest BCUT2D eigenvalue weighted by Gasteiger charge is 2.15. The maximum Gasteiger partial charge on any atom is 0.220 e. The summed E-state index contributed by atoms with van der Waals surface area (Å²) >= 11 is 0. The Kier molecular flexibility index (Phi) is 7.60. The van der Waals surface area contributed by atoms with Crippen LogP contribution in [0, 0.1) is 0 Å². The van der Waals surface area contributed by atoms with Crippen molar-refractivity contribution in [1.29, 1.82) is 0 Å². The molecule has 16 heavy (non-hydrogen) atoms. The highest BCUT2D eigenvalue weighted by molar-refractivity contribution is 5.77.